The Bertz CT molecular complexity index is 744. The molecule has 4 nitrogen and oxygen atoms in total. The number of benzene rings is 1. The largest absolute Gasteiger partial charge is 0.388 e. The molecule has 0 aliphatic carbocycles. The molecule has 1 aromatic heterocycles. The van der Waals surface area contributed by atoms with E-state index in [4.69, 9.17) is 16.9 Å². The van der Waals surface area contributed by atoms with E-state index < -0.39 is 6.10 Å². The van der Waals surface area contributed by atoms with Crippen molar-refractivity contribution in [3.05, 3.63) is 58.7 Å². The molecule has 1 aliphatic heterocycles. The van der Waals surface area contributed by atoms with Gasteiger partial charge in [0.2, 0.25) is 0 Å². The fourth-order valence-electron chi connectivity index (χ4n) is 3.47. The molecule has 2 aromatic rings. The molecule has 2 atom stereocenters. The Morgan fingerprint density at radius 3 is 2.80 bits per heavy atom. The highest BCUT2D eigenvalue weighted by Gasteiger charge is 2.26. The van der Waals surface area contributed by atoms with Gasteiger partial charge in [0, 0.05) is 18.8 Å². The van der Waals surface area contributed by atoms with E-state index in [-0.39, 0.29) is 6.04 Å². The molecule has 5 heteroatoms. The summed E-state index contributed by atoms with van der Waals surface area (Å²) in [5.74, 6) is 0.716. The van der Waals surface area contributed by atoms with Gasteiger partial charge in [-0.2, -0.15) is 5.26 Å². The normalized spacial score (nSPS) is 19.1. The lowest BCUT2D eigenvalue weighted by atomic mass is 9.98. The van der Waals surface area contributed by atoms with E-state index in [2.05, 4.69) is 16.0 Å². The molecular weight excluding hydrogens is 334 g/mol. The van der Waals surface area contributed by atoms with Gasteiger partial charge < -0.3 is 10.0 Å². The van der Waals surface area contributed by atoms with E-state index in [1.165, 1.54) is 6.42 Å². The second kappa shape index (κ2) is 8.33. The monoisotopic (exact) mass is 355 g/mol. The molecule has 0 radical (unpaired) electrons. The number of aliphatic hydroxyl groups is 1. The number of pyridine rings is 1. The van der Waals surface area contributed by atoms with Crippen LogP contribution in [0.25, 0.3) is 0 Å². The molecule has 1 saturated heterocycles. The topological polar surface area (TPSA) is 60.2 Å². The van der Waals surface area contributed by atoms with Crippen molar-refractivity contribution in [2.45, 2.75) is 44.2 Å². The number of nitriles is 1. The average Bonchev–Trinajstić information content (AvgIpc) is 2.87. The summed E-state index contributed by atoms with van der Waals surface area (Å²) in [6.45, 7) is 0.866. The van der Waals surface area contributed by atoms with Gasteiger partial charge in [0.05, 0.1) is 16.7 Å². The fraction of sp³-hybridized carbons (Fsp3) is 0.400. The Morgan fingerprint density at radius 1 is 1.28 bits per heavy atom. The molecular formula is C20H22ClN3O. The molecule has 0 saturated carbocycles. The summed E-state index contributed by atoms with van der Waals surface area (Å²) in [5.41, 5.74) is 1.40. The highest BCUT2D eigenvalue weighted by Crippen LogP contribution is 2.33. The van der Waals surface area contributed by atoms with Crippen LogP contribution in [0.4, 0.5) is 5.82 Å². The van der Waals surface area contributed by atoms with E-state index in [9.17, 15) is 5.11 Å². The number of hydrogen-bond donors (Lipinski definition) is 1. The summed E-state index contributed by atoms with van der Waals surface area (Å²) in [7, 11) is 0. The van der Waals surface area contributed by atoms with Crippen LogP contribution >= 0.6 is 11.6 Å². The Labute approximate surface area is 153 Å². The lowest BCUT2D eigenvalue weighted by Gasteiger charge is -2.33. The van der Waals surface area contributed by atoms with Crippen molar-refractivity contribution < 1.29 is 5.11 Å². The SMILES string of the molecule is N#Cc1cnc(N2CCCCC[C@@H]2C[C@H](O)c2ccccc2)c(Cl)c1. The molecule has 0 spiro atoms. The van der Waals surface area contributed by atoms with Crippen LogP contribution in [-0.4, -0.2) is 22.7 Å². The highest BCUT2D eigenvalue weighted by molar-refractivity contribution is 6.33. The van der Waals surface area contributed by atoms with Crippen LogP contribution in [0, 0.1) is 11.3 Å². The molecule has 1 N–H and O–H groups in total. The minimum atomic E-state index is -0.510. The zero-order valence-electron chi connectivity index (χ0n) is 14.1. The minimum absolute atomic E-state index is 0.177. The van der Waals surface area contributed by atoms with Gasteiger partial charge in [-0.1, -0.05) is 54.8 Å². The number of aliphatic hydroxyl groups excluding tert-OH is 1. The highest BCUT2D eigenvalue weighted by atomic mass is 35.5. The van der Waals surface area contributed by atoms with Crippen LogP contribution in [0.5, 0.6) is 0 Å². The summed E-state index contributed by atoms with van der Waals surface area (Å²) in [4.78, 5) is 6.65. The van der Waals surface area contributed by atoms with Gasteiger partial charge in [-0.3, -0.25) is 0 Å². The number of anilines is 1. The van der Waals surface area contributed by atoms with Crippen LogP contribution in [0.15, 0.2) is 42.6 Å². The molecule has 1 aliphatic rings. The summed E-state index contributed by atoms with van der Waals surface area (Å²) in [6.07, 6.45) is 6.08. The van der Waals surface area contributed by atoms with Crippen molar-refractivity contribution in [3.63, 3.8) is 0 Å². The van der Waals surface area contributed by atoms with Crippen molar-refractivity contribution >= 4 is 17.4 Å². The number of hydrogen-bond acceptors (Lipinski definition) is 4. The standard InChI is InChI=1S/C20H22ClN3O/c21-18-11-15(13-22)14-23-20(18)24-10-6-2-5-9-17(24)12-19(25)16-7-3-1-4-8-16/h1,3-4,7-8,11,14,17,19,25H,2,5-6,9-10,12H2/t17-,19+/m1/s1. The summed E-state index contributed by atoms with van der Waals surface area (Å²) < 4.78 is 0. The summed E-state index contributed by atoms with van der Waals surface area (Å²) in [5, 5.41) is 20.2. The fourth-order valence-corrected chi connectivity index (χ4v) is 3.75. The van der Waals surface area contributed by atoms with Crippen molar-refractivity contribution in [2.24, 2.45) is 0 Å². The van der Waals surface area contributed by atoms with E-state index >= 15 is 0 Å². The molecule has 2 heterocycles. The first kappa shape index (κ1) is 17.7. The van der Waals surface area contributed by atoms with Crippen LogP contribution < -0.4 is 4.90 Å². The van der Waals surface area contributed by atoms with Crippen molar-refractivity contribution in [3.8, 4) is 6.07 Å². The Kier molecular flexibility index (Phi) is 5.91. The van der Waals surface area contributed by atoms with Crippen LogP contribution in [0.3, 0.4) is 0 Å². The lowest BCUT2D eigenvalue weighted by molar-refractivity contribution is 0.155. The van der Waals surface area contributed by atoms with Gasteiger partial charge in [0.25, 0.3) is 0 Å². The molecule has 0 unspecified atom stereocenters. The van der Waals surface area contributed by atoms with Gasteiger partial charge in [-0.25, -0.2) is 4.98 Å². The quantitative estimate of drug-likeness (QED) is 0.878. The first-order valence-electron chi connectivity index (χ1n) is 8.74. The third-order valence-corrected chi connectivity index (χ3v) is 5.06. The second-order valence-electron chi connectivity index (χ2n) is 6.50. The molecule has 1 fully saturated rings. The number of rotatable bonds is 4. The average molecular weight is 356 g/mol. The van der Waals surface area contributed by atoms with Gasteiger partial charge in [0.1, 0.15) is 11.9 Å². The lowest BCUT2D eigenvalue weighted by Crippen LogP contribution is -2.37. The number of nitrogens with zero attached hydrogens (tertiary/aromatic N) is 3. The summed E-state index contributed by atoms with van der Waals surface area (Å²) in [6, 6.07) is 13.7. The maximum atomic E-state index is 10.7. The van der Waals surface area contributed by atoms with E-state index in [0.29, 0.717) is 22.8 Å². The van der Waals surface area contributed by atoms with Crippen molar-refractivity contribution in [1.29, 1.82) is 5.26 Å². The predicted octanol–water partition coefficient (Wildman–Crippen LogP) is 4.48. The molecule has 25 heavy (non-hydrogen) atoms. The predicted molar refractivity (Wildman–Crippen MR) is 99.6 cm³/mol. The van der Waals surface area contributed by atoms with Gasteiger partial charge >= 0.3 is 0 Å². The van der Waals surface area contributed by atoms with E-state index in [0.717, 1.165) is 31.4 Å². The minimum Gasteiger partial charge on any atom is -0.388 e. The van der Waals surface area contributed by atoms with E-state index in [1.54, 1.807) is 12.3 Å². The number of aromatic nitrogens is 1. The number of halogens is 1. The second-order valence-corrected chi connectivity index (χ2v) is 6.91. The first-order chi connectivity index (χ1) is 12.2. The molecule has 130 valence electrons. The van der Waals surface area contributed by atoms with Crippen molar-refractivity contribution in [2.75, 3.05) is 11.4 Å². The zero-order valence-corrected chi connectivity index (χ0v) is 14.9. The van der Waals surface area contributed by atoms with Gasteiger partial charge in [-0.15, -0.1) is 0 Å². The third kappa shape index (κ3) is 4.31. The third-order valence-electron chi connectivity index (χ3n) is 4.78. The van der Waals surface area contributed by atoms with Crippen molar-refractivity contribution in [1.82, 2.24) is 4.98 Å². The Balaban J connectivity index is 1.83. The zero-order chi connectivity index (χ0) is 17.6. The Hall–Kier alpha value is -2.09. The van der Waals surface area contributed by atoms with Crippen LogP contribution in [0.2, 0.25) is 5.02 Å². The van der Waals surface area contributed by atoms with Crippen LogP contribution in [0.1, 0.15) is 49.3 Å². The first-order valence-corrected chi connectivity index (χ1v) is 9.12. The molecule has 3 rings (SSSR count). The summed E-state index contributed by atoms with van der Waals surface area (Å²) >= 11 is 6.40. The maximum absolute atomic E-state index is 10.7. The smallest absolute Gasteiger partial charge is 0.147 e. The van der Waals surface area contributed by atoms with Crippen LogP contribution in [-0.2, 0) is 0 Å². The molecule has 0 amide bonds. The van der Waals surface area contributed by atoms with Gasteiger partial charge in [0.15, 0.2) is 0 Å². The Morgan fingerprint density at radius 2 is 2.08 bits per heavy atom. The maximum Gasteiger partial charge on any atom is 0.147 e. The molecule has 1 aromatic carbocycles. The van der Waals surface area contributed by atoms with Gasteiger partial charge in [-0.05, 0) is 30.9 Å². The van der Waals surface area contributed by atoms with E-state index in [1.807, 2.05) is 30.3 Å². The molecule has 0 bridgehead atoms.